The van der Waals surface area contributed by atoms with Crippen LogP contribution < -0.4 is 16.9 Å². The van der Waals surface area contributed by atoms with Gasteiger partial charge in [0.2, 0.25) is 5.71 Å². The Labute approximate surface area is 101 Å². The fraction of sp³-hybridized carbons (Fsp3) is 0. The van der Waals surface area contributed by atoms with Crippen molar-refractivity contribution in [2.45, 2.75) is 0 Å². The molecule has 1 rings (SSSR count). The Morgan fingerprint density at radius 2 is 2.17 bits per heavy atom. The number of hydrazone groups is 1. The quantitative estimate of drug-likeness (QED) is 0.342. The number of amides is 1. The van der Waals surface area contributed by atoms with E-state index in [1.54, 1.807) is 6.07 Å². The Morgan fingerprint density at radius 3 is 2.67 bits per heavy atom. The predicted octanol–water partition coefficient (Wildman–Crippen LogP) is 0.152. The second-order valence-corrected chi connectivity index (χ2v) is 3.12. The zero-order valence-electron chi connectivity index (χ0n) is 9.07. The summed E-state index contributed by atoms with van der Waals surface area (Å²) in [5.74, 6) is -2.35. The first-order chi connectivity index (χ1) is 8.47. The van der Waals surface area contributed by atoms with Crippen molar-refractivity contribution in [2.75, 3.05) is 5.43 Å². The van der Waals surface area contributed by atoms with E-state index >= 15 is 0 Å². The molecule has 1 aromatic rings. The molecule has 0 spiro atoms. The number of hydrogen-bond acceptors (Lipinski definition) is 5. The van der Waals surface area contributed by atoms with Gasteiger partial charge in [0, 0.05) is 0 Å². The van der Waals surface area contributed by atoms with Crippen molar-refractivity contribution >= 4 is 23.1 Å². The molecule has 0 fully saturated rings. The van der Waals surface area contributed by atoms with Crippen LogP contribution in [-0.4, -0.2) is 17.5 Å². The zero-order chi connectivity index (χ0) is 13.7. The lowest BCUT2D eigenvalue weighted by Crippen LogP contribution is -2.22. The molecular weight excluding hydrogens is 239 g/mol. The maximum absolute atomic E-state index is 13.3. The fourth-order valence-electron chi connectivity index (χ4n) is 1.13. The summed E-state index contributed by atoms with van der Waals surface area (Å²) in [6, 6.07) is 5.31. The Balaban J connectivity index is 3.14. The van der Waals surface area contributed by atoms with Crippen molar-refractivity contribution in [1.29, 1.82) is 10.7 Å². The number of anilines is 1. The molecule has 1 aromatic carbocycles. The minimum atomic E-state index is -0.980. The number of primary amides is 1. The second-order valence-electron chi connectivity index (χ2n) is 3.12. The molecule has 0 radical (unpaired) electrons. The molecule has 0 aliphatic rings. The summed E-state index contributed by atoms with van der Waals surface area (Å²) in [7, 11) is 0. The standard InChI is InChI=1S/C10H9FN6O/c11-5-2-1-3-6(8(5)10(15)18)16-17-7(4-12)9(13)14/h1-3,16H,(H3,13,14)(H2,15,18)/b17-7+. The molecule has 0 aromatic heterocycles. The molecule has 1 amide bonds. The number of carbonyl (C=O) groups is 1. The van der Waals surface area contributed by atoms with Gasteiger partial charge in [-0.1, -0.05) is 6.07 Å². The molecule has 0 atom stereocenters. The molecule has 92 valence electrons. The Hall–Kier alpha value is -2.95. The number of rotatable bonds is 4. The van der Waals surface area contributed by atoms with E-state index in [2.05, 4.69) is 10.5 Å². The van der Waals surface area contributed by atoms with Crippen LogP contribution in [0.15, 0.2) is 23.3 Å². The van der Waals surface area contributed by atoms with E-state index < -0.39 is 23.3 Å². The normalized spacial score (nSPS) is 10.6. The summed E-state index contributed by atoms with van der Waals surface area (Å²) in [5, 5.41) is 19.1. The number of halogens is 1. The summed E-state index contributed by atoms with van der Waals surface area (Å²) in [5.41, 5.74) is 11.6. The highest BCUT2D eigenvalue weighted by atomic mass is 19.1. The van der Waals surface area contributed by atoms with Crippen molar-refractivity contribution in [3.05, 3.63) is 29.6 Å². The molecule has 0 aliphatic heterocycles. The molecular formula is C10H9FN6O. The summed E-state index contributed by atoms with van der Waals surface area (Å²) < 4.78 is 13.3. The van der Waals surface area contributed by atoms with Gasteiger partial charge in [-0.25, -0.2) is 4.39 Å². The minimum absolute atomic E-state index is 0.0171. The number of nitrogens with two attached hydrogens (primary N) is 2. The van der Waals surface area contributed by atoms with Crippen LogP contribution in [0.25, 0.3) is 0 Å². The van der Waals surface area contributed by atoms with E-state index in [9.17, 15) is 9.18 Å². The van der Waals surface area contributed by atoms with Crippen molar-refractivity contribution in [3.63, 3.8) is 0 Å². The lowest BCUT2D eigenvalue weighted by Gasteiger charge is -2.06. The molecule has 7 nitrogen and oxygen atoms in total. The zero-order valence-corrected chi connectivity index (χ0v) is 9.07. The van der Waals surface area contributed by atoms with Crippen molar-refractivity contribution in [1.82, 2.24) is 0 Å². The van der Waals surface area contributed by atoms with E-state index in [1.807, 2.05) is 0 Å². The highest BCUT2D eigenvalue weighted by Gasteiger charge is 2.13. The van der Waals surface area contributed by atoms with Gasteiger partial charge >= 0.3 is 0 Å². The van der Waals surface area contributed by atoms with Gasteiger partial charge in [0.1, 0.15) is 11.9 Å². The van der Waals surface area contributed by atoms with Crippen LogP contribution in [0, 0.1) is 22.6 Å². The van der Waals surface area contributed by atoms with Crippen molar-refractivity contribution in [3.8, 4) is 6.07 Å². The fourth-order valence-corrected chi connectivity index (χ4v) is 1.13. The first kappa shape index (κ1) is 13.1. The van der Waals surface area contributed by atoms with E-state index in [4.69, 9.17) is 22.1 Å². The van der Waals surface area contributed by atoms with Crippen LogP contribution in [0.2, 0.25) is 0 Å². The Morgan fingerprint density at radius 1 is 1.50 bits per heavy atom. The predicted molar refractivity (Wildman–Crippen MR) is 63.5 cm³/mol. The van der Waals surface area contributed by atoms with Gasteiger partial charge in [-0.15, -0.1) is 0 Å². The van der Waals surface area contributed by atoms with E-state index in [0.29, 0.717) is 0 Å². The van der Waals surface area contributed by atoms with Gasteiger partial charge < -0.3 is 11.5 Å². The van der Waals surface area contributed by atoms with Crippen LogP contribution in [0.3, 0.4) is 0 Å². The van der Waals surface area contributed by atoms with E-state index in [1.165, 1.54) is 12.1 Å². The van der Waals surface area contributed by atoms with Gasteiger partial charge in [0.05, 0.1) is 11.3 Å². The third-order valence-corrected chi connectivity index (χ3v) is 1.91. The van der Waals surface area contributed by atoms with Crippen molar-refractivity contribution in [2.24, 2.45) is 16.6 Å². The van der Waals surface area contributed by atoms with E-state index in [-0.39, 0.29) is 11.3 Å². The molecule has 0 aliphatic carbocycles. The molecule has 8 heteroatoms. The first-order valence-corrected chi connectivity index (χ1v) is 4.64. The van der Waals surface area contributed by atoms with Gasteiger partial charge in [-0.3, -0.25) is 15.6 Å². The maximum atomic E-state index is 13.3. The highest BCUT2D eigenvalue weighted by molar-refractivity contribution is 6.45. The van der Waals surface area contributed by atoms with Gasteiger partial charge in [0.25, 0.3) is 5.91 Å². The van der Waals surface area contributed by atoms with Gasteiger partial charge in [-0.2, -0.15) is 10.4 Å². The summed E-state index contributed by atoms with van der Waals surface area (Å²) >= 11 is 0. The smallest absolute Gasteiger partial charge is 0.253 e. The molecule has 0 saturated carbocycles. The summed E-state index contributed by atoms with van der Waals surface area (Å²) in [6.45, 7) is 0. The van der Waals surface area contributed by atoms with Crippen LogP contribution >= 0.6 is 0 Å². The number of hydrogen-bond donors (Lipinski definition) is 4. The monoisotopic (exact) mass is 248 g/mol. The number of amidine groups is 1. The number of benzene rings is 1. The molecule has 0 saturated heterocycles. The third kappa shape index (κ3) is 2.79. The maximum Gasteiger partial charge on any atom is 0.253 e. The molecule has 0 unspecified atom stereocenters. The minimum Gasteiger partial charge on any atom is -0.382 e. The first-order valence-electron chi connectivity index (χ1n) is 4.64. The average Bonchev–Trinajstić information content (AvgIpc) is 2.28. The van der Waals surface area contributed by atoms with Crippen LogP contribution in [0.5, 0.6) is 0 Å². The van der Waals surface area contributed by atoms with Gasteiger partial charge in [-0.05, 0) is 12.1 Å². The summed E-state index contributed by atoms with van der Waals surface area (Å²) in [4.78, 5) is 11.1. The number of carbonyl (C=O) groups excluding carboxylic acids is 1. The Bertz CT molecular complexity index is 574. The number of nitrogens with zero attached hydrogens (tertiary/aromatic N) is 2. The van der Waals surface area contributed by atoms with Crippen molar-refractivity contribution < 1.29 is 9.18 Å². The molecule has 6 N–H and O–H groups in total. The topological polar surface area (TPSA) is 141 Å². The molecule has 18 heavy (non-hydrogen) atoms. The second kappa shape index (κ2) is 5.40. The molecule has 0 heterocycles. The lowest BCUT2D eigenvalue weighted by atomic mass is 10.1. The van der Waals surface area contributed by atoms with Crippen LogP contribution in [0.1, 0.15) is 10.4 Å². The number of nitrogens with one attached hydrogen (secondary N) is 2. The average molecular weight is 248 g/mol. The Kier molecular flexibility index (Phi) is 3.93. The van der Waals surface area contributed by atoms with E-state index in [0.717, 1.165) is 6.07 Å². The highest BCUT2D eigenvalue weighted by Crippen LogP contribution is 2.18. The van der Waals surface area contributed by atoms with Crippen LogP contribution in [-0.2, 0) is 0 Å². The molecule has 0 bridgehead atoms. The lowest BCUT2D eigenvalue weighted by molar-refractivity contribution is 0.0997. The largest absolute Gasteiger partial charge is 0.382 e. The number of nitriles is 1. The third-order valence-electron chi connectivity index (χ3n) is 1.91. The summed E-state index contributed by atoms with van der Waals surface area (Å²) in [6.07, 6.45) is 0. The van der Waals surface area contributed by atoms with Gasteiger partial charge in [0.15, 0.2) is 5.84 Å². The van der Waals surface area contributed by atoms with Crippen LogP contribution in [0.4, 0.5) is 10.1 Å². The SMILES string of the molecule is N#C/C(=N\Nc1cccc(F)c1C(N)=O)C(=N)N.